The van der Waals surface area contributed by atoms with E-state index in [9.17, 15) is 9.59 Å². The summed E-state index contributed by atoms with van der Waals surface area (Å²) in [5.41, 5.74) is 2.00. The van der Waals surface area contributed by atoms with Crippen LogP contribution in [0.25, 0.3) is 21.5 Å². The molecule has 0 spiro atoms. The number of ether oxygens (including phenoxy) is 2. The van der Waals surface area contributed by atoms with E-state index in [-0.39, 0.29) is 0 Å². The third kappa shape index (κ3) is 5.15. The summed E-state index contributed by atoms with van der Waals surface area (Å²) in [6, 6.07) is 27.7. The van der Waals surface area contributed by atoms with Crippen molar-refractivity contribution in [2.45, 2.75) is 6.92 Å². The van der Waals surface area contributed by atoms with E-state index in [1.54, 1.807) is 23.5 Å². The van der Waals surface area contributed by atoms with Crippen LogP contribution in [0.2, 0.25) is 0 Å². The fourth-order valence-electron chi connectivity index (χ4n) is 4.09. The van der Waals surface area contributed by atoms with Crippen LogP contribution >= 0.6 is 11.3 Å². The molecule has 0 aliphatic heterocycles. The molecule has 37 heavy (non-hydrogen) atoms. The average Bonchev–Trinajstić information content (AvgIpc) is 3.34. The number of hydrogen-bond acceptors (Lipinski definition) is 6. The summed E-state index contributed by atoms with van der Waals surface area (Å²) in [5, 5.41) is 5.04. The van der Waals surface area contributed by atoms with Gasteiger partial charge in [-0.2, -0.15) is 0 Å². The van der Waals surface area contributed by atoms with Crippen molar-refractivity contribution in [1.29, 1.82) is 0 Å². The highest BCUT2D eigenvalue weighted by Gasteiger charge is 2.16. The molecule has 0 unspecified atom stereocenters. The molecule has 5 nitrogen and oxygen atoms in total. The number of nitrogens with zero attached hydrogens (tertiary/aromatic N) is 1. The van der Waals surface area contributed by atoms with Crippen LogP contribution in [0.5, 0.6) is 11.5 Å². The first-order chi connectivity index (χ1) is 17.9. The molecule has 1 heterocycles. The molecule has 4 aromatic carbocycles. The van der Waals surface area contributed by atoms with Crippen molar-refractivity contribution < 1.29 is 19.1 Å². The van der Waals surface area contributed by atoms with Crippen molar-refractivity contribution >= 4 is 61.2 Å². The Kier molecular flexibility index (Phi) is 6.58. The number of aryl methyl sites for hydroxylation is 1. The minimum absolute atomic E-state index is 0.476. The number of carbonyl (C=O) groups is 2. The van der Waals surface area contributed by atoms with Crippen LogP contribution in [0.1, 0.15) is 4.88 Å². The van der Waals surface area contributed by atoms with Crippen molar-refractivity contribution in [2.75, 3.05) is 4.90 Å². The summed E-state index contributed by atoms with van der Waals surface area (Å²) in [4.78, 5) is 26.6. The second-order valence-corrected chi connectivity index (χ2v) is 9.62. The van der Waals surface area contributed by atoms with E-state index in [2.05, 4.69) is 61.4 Å². The van der Waals surface area contributed by atoms with E-state index in [4.69, 9.17) is 9.47 Å². The topological polar surface area (TPSA) is 55.8 Å². The number of rotatable bonds is 7. The quantitative estimate of drug-likeness (QED) is 0.127. The molecule has 5 aromatic rings. The van der Waals surface area contributed by atoms with Crippen LogP contribution in [0.3, 0.4) is 0 Å². The molecule has 0 aliphatic rings. The molecule has 0 atom stereocenters. The molecule has 1 aromatic heterocycles. The lowest BCUT2D eigenvalue weighted by molar-refractivity contribution is -0.129. The smallest absolute Gasteiger partial charge is 0.335 e. The van der Waals surface area contributed by atoms with Gasteiger partial charge in [0.15, 0.2) is 0 Å². The normalized spacial score (nSPS) is 10.7. The molecule has 182 valence electrons. The summed E-state index contributed by atoms with van der Waals surface area (Å²) in [6.07, 6.45) is 2.29. The average molecular weight is 506 g/mol. The van der Waals surface area contributed by atoms with Crippen LogP contribution in [0.4, 0.5) is 16.4 Å². The van der Waals surface area contributed by atoms with Gasteiger partial charge in [0.1, 0.15) is 16.5 Å². The van der Waals surface area contributed by atoms with E-state index in [0.717, 1.165) is 50.1 Å². The zero-order valence-electron chi connectivity index (χ0n) is 20.1. The highest BCUT2D eigenvalue weighted by molar-refractivity contribution is 7.16. The Morgan fingerprint density at radius 3 is 1.57 bits per heavy atom. The summed E-state index contributed by atoms with van der Waals surface area (Å²) >= 11 is 1.71. The summed E-state index contributed by atoms with van der Waals surface area (Å²) < 4.78 is 10.5. The number of hydrogen-bond donors (Lipinski definition) is 0. The van der Waals surface area contributed by atoms with Gasteiger partial charge in [-0.3, -0.25) is 0 Å². The van der Waals surface area contributed by atoms with Crippen LogP contribution < -0.4 is 14.4 Å². The number of anilines is 3. The Labute approximate surface area is 218 Å². The number of benzene rings is 4. The van der Waals surface area contributed by atoms with Gasteiger partial charge >= 0.3 is 11.9 Å². The van der Waals surface area contributed by atoms with Crippen molar-refractivity contribution in [3.63, 3.8) is 0 Å². The zero-order chi connectivity index (χ0) is 25.9. The molecule has 0 saturated heterocycles. The third-order valence-electron chi connectivity index (χ3n) is 5.82. The Morgan fingerprint density at radius 2 is 1.14 bits per heavy atom. The fourth-order valence-corrected chi connectivity index (χ4v) is 4.99. The van der Waals surface area contributed by atoms with Gasteiger partial charge < -0.3 is 14.4 Å². The number of thiophene rings is 1. The Morgan fingerprint density at radius 1 is 0.676 bits per heavy atom. The maximum atomic E-state index is 11.6. The van der Waals surface area contributed by atoms with Gasteiger partial charge in [0.05, 0.1) is 0 Å². The van der Waals surface area contributed by atoms with Crippen LogP contribution in [0.15, 0.2) is 110 Å². The SMILES string of the molecule is C=CC(=O)Oc1ccc2cc(N(c3ccc4cc(OC(=O)C=C)ccc4c3)c3ccc(C)s3)ccc2c1. The predicted molar refractivity (Wildman–Crippen MR) is 150 cm³/mol. The van der Waals surface area contributed by atoms with Gasteiger partial charge in [0.2, 0.25) is 0 Å². The fraction of sp³-hybridized carbons (Fsp3) is 0.0323. The van der Waals surface area contributed by atoms with Crippen LogP contribution in [0, 0.1) is 6.92 Å². The highest BCUT2D eigenvalue weighted by Crippen LogP contribution is 2.41. The molecule has 5 rings (SSSR count). The van der Waals surface area contributed by atoms with E-state index in [1.807, 2.05) is 36.4 Å². The minimum atomic E-state index is -0.488. The molecule has 0 N–H and O–H groups in total. The van der Waals surface area contributed by atoms with Crippen molar-refractivity contribution in [2.24, 2.45) is 0 Å². The number of carbonyl (C=O) groups excluding carboxylic acids is 2. The molecule has 0 radical (unpaired) electrons. The van der Waals surface area contributed by atoms with E-state index in [0.29, 0.717) is 11.5 Å². The first-order valence-electron chi connectivity index (χ1n) is 11.6. The van der Waals surface area contributed by atoms with Gasteiger partial charge in [-0.15, -0.1) is 11.3 Å². The molecular weight excluding hydrogens is 482 g/mol. The summed E-state index contributed by atoms with van der Waals surface area (Å²) in [5.74, 6) is -0.0258. The molecule has 0 saturated carbocycles. The Bertz CT molecular complexity index is 1580. The standard InChI is InChI=1S/C31H23NO4S/c1-4-30(33)35-27-13-9-21-16-25(11-7-23(21)18-27)32(29-15-6-20(3)37-29)26-12-8-24-19-28(36-31(34)5-2)14-10-22(24)17-26/h4-19H,1-2H2,3H3. The Hall–Kier alpha value is -4.68. The van der Waals surface area contributed by atoms with E-state index < -0.39 is 11.9 Å². The van der Waals surface area contributed by atoms with Gasteiger partial charge in [0.25, 0.3) is 0 Å². The molecule has 0 bridgehead atoms. The summed E-state index contributed by atoms with van der Waals surface area (Å²) in [7, 11) is 0. The minimum Gasteiger partial charge on any atom is -0.423 e. The molecule has 0 amide bonds. The van der Waals surface area contributed by atoms with E-state index in [1.165, 1.54) is 4.88 Å². The van der Waals surface area contributed by atoms with Crippen LogP contribution in [-0.2, 0) is 9.59 Å². The van der Waals surface area contributed by atoms with Gasteiger partial charge in [-0.05, 0) is 89.1 Å². The molecule has 6 heteroatoms. The molecule has 0 aliphatic carbocycles. The predicted octanol–water partition coefficient (Wildman–Crippen LogP) is 8.02. The molecule has 0 fully saturated rings. The first kappa shape index (κ1) is 24.0. The number of esters is 2. The number of fused-ring (bicyclic) bond motifs is 2. The largest absolute Gasteiger partial charge is 0.423 e. The third-order valence-corrected chi connectivity index (χ3v) is 6.81. The second kappa shape index (κ2) is 10.1. The lowest BCUT2D eigenvalue weighted by Gasteiger charge is -2.24. The van der Waals surface area contributed by atoms with Crippen LogP contribution in [-0.4, -0.2) is 11.9 Å². The lowest BCUT2D eigenvalue weighted by atomic mass is 10.1. The van der Waals surface area contributed by atoms with E-state index >= 15 is 0 Å². The maximum Gasteiger partial charge on any atom is 0.335 e. The first-order valence-corrected chi connectivity index (χ1v) is 12.4. The highest BCUT2D eigenvalue weighted by atomic mass is 32.1. The van der Waals surface area contributed by atoms with Crippen molar-refractivity contribution in [1.82, 2.24) is 0 Å². The lowest BCUT2D eigenvalue weighted by Crippen LogP contribution is -2.08. The zero-order valence-corrected chi connectivity index (χ0v) is 21.0. The monoisotopic (exact) mass is 505 g/mol. The molecular formula is C31H23NO4S. The van der Waals surface area contributed by atoms with Crippen molar-refractivity contribution in [3.05, 3.63) is 115 Å². The second-order valence-electron chi connectivity index (χ2n) is 8.36. The van der Waals surface area contributed by atoms with Gasteiger partial charge in [-0.1, -0.05) is 37.4 Å². The Balaban J connectivity index is 1.55. The van der Waals surface area contributed by atoms with Crippen molar-refractivity contribution in [3.8, 4) is 11.5 Å². The summed E-state index contributed by atoms with van der Waals surface area (Å²) in [6.45, 7) is 8.98. The van der Waals surface area contributed by atoms with Gasteiger partial charge in [-0.25, -0.2) is 9.59 Å². The maximum absolute atomic E-state index is 11.6. The van der Waals surface area contributed by atoms with Gasteiger partial charge in [0, 0.05) is 28.4 Å².